The monoisotopic (exact) mass is 1570 g/mol. The van der Waals surface area contributed by atoms with Crippen LogP contribution in [0.2, 0.25) is 0 Å². The number of ether oxygens (including phenoxy) is 1. The van der Waals surface area contributed by atoms with Crippen molar-refractivity contribution in [3.63, 3.8) is 0 Å². The summed E-state index contributed by atoms with van der Waals surface area (Å²) in [5.74, 6) is -27.8. The minimum atomic E-state index is -2.31. The molecule has 0 radical (unpaired) electrons. The number of esters is 1. The number of hydrogen-bond donors (Lipinski definition) is 21. The number of nitrogens with two attached hydrogens (primary N) is 2. The number of carbonyl (C=O) groups excluding carboxylic acids is 15. The van der Waals surface area contributed by atoms with Crippen molar-refractivity contribution in [3.05, 3.63) is 36.0 Å². The number of aliphatic hydroxyl groups excluding tert-OH is 1. The molecule has 0 spiro atoms. The average molecular weight is 1570 g/mol. The van der Waals surface area contributed by atoms with Crippen molar-refractivity contribution in [3.8, 4) is 0 Å². The van der Waals surface area contributed by atoms with Crippen LogP contribution in [0, 0.1) is 17.8 Å². The van der Waals surface area contributed by atoms with Crippen molar-refractivity contribution in [2.24, 2.45) is 29.2 Å². The molecule has 14 amide bonds. The lowest BCUT2D eigenvalue weighted by molar-refractivity contribution is -0.157. The predicted octanol–water partition coefficient (Wildman–Crippen LogP) is -4.79. The molecule has 3 rings (SSSR count). The van der Waals surface area contributed by atoms with Crippen LogP contribution >= 0.6 is 0 Å². The molecule has 1 saturated heterocycles. The fourth-order valence-corrected chi connectivity index (χ4v) is 11.4. The van der Waals surface area contributed by atoms with Crippen molar-refractivity contribution in [1.29, 1.82) is 0 Å². The second-order valence-electron chi connectivity index (χ2n) is 27.5. The minimum absolute atomic E-state index is 0.00256. The standard InChI is InChI=1S/C70H106N16O25/c1-8-35(4)18-13-11-9-10-12-14-22-50(89)78-43(25-39-30-73-41-20-16-15-19-40(39)41)64(104)81-44(26-49(72)88)65(105)83-47(29-56(98)99)66(106)86-59-38(7)111-70(110)57(34(2)3)84-69(109)58(36(5)24-53(92)93)85-67(107)48(33-87)79-52(91)31-74-61(101)45(27-54(94)95)80-60(100)37(6)76-63(103)46(28-55(96)97)82-62(102)42(21-17-23-71)77-51(90)32-75-68(59)108/h15-16,19-20,30,34-38,42-48,57-59,73,87H,8-14,17-18,21-29,31-33,71H2,1-7H3,(H2,72,88)(H,74,101)(H,75,108)(H,76,103)(H,77,90)(H,78,89)(H,79,91)(H,80,100)(H,81,104)(H,82,102)(H,83,105)(H,84,109)(H,85,107)(H,86,106)(H,92,93)(H,94,95)(H,96,97)(H,98,99). The molecule has 41 nitrogen and oxygen atoms in total. The van der Waals surface area contributed by atoms with E-state index in [0.717, 1.165) is 59.3 Å². The molecular weight excluding hydrogens is 1460 g/mol. The number of aliphatic carboxylic acids is 4. The molecule has 14 unspecified atom stereocenters. The summed E-state index contributed by atoms with van der Waals surface area (Å²) in [7, 11) is 0. The van der Waals surface area contributed by atoms with Gasteiger partial charge >= 0.3 is 29.8 Å². The molecular formula is C70H106N16O25. The molecule has 111 heavy (non-hydrogen) atoms. The van der Waals surface area contributed by atoms with E-state index in [1.807, 2.05) is 16.0 Å². The van der Waals surface area contributed by atoms with E-state index >= 15 is 0 Å². The number of para-hydroxylation sites is 1. The van der Waals surface area contributed by atoms with Crippen LogP contribution in [0.15, 0.2) is 30.5 Å². The SMILES string of the molecule is CCC(C)CCCCCCCCC(=O)NC(Cc1c[nH]c2ccccc12)C(=O)NC(CC(N)=O)C(=O)NC(CC(=O)O)C(=O)NC1C(=O)NCC(=O)NC(CCCN)C(=O)NC(CC(=O)O)C(=O)NC(C)C(=O)NC(CC(=O)O)C(=O)NCC(=O)NC(CO)C(=O)NC(C(C)CC(=O)O)C(=O)NC(C(C)C)C(=O)OC1C. The van der Waals surface area contributed by atoms with Crippen molar-refractivity contribution in [2.45, 2.75) is 230 Å². The van der Waals surface area contributed by atoms with Gasteiger partial charge in [0.15, 0.2) is 0 Å². The van der Waals surface area contributed by atoms with Gasteiger partial charge in [0.2, 0.25) is 82.7 Å². The number of amides is 14. The molecule has 0 aliphatic carbocycles. The highest BCUT2D eigenvalue weighted by molar-refractivity contribution is 6.02. The highest BCUT2D eigenvalue weighted by atomic mass is 16.5. The van der Waals surface area contributed by atoms with Gasteiger partial charge in [-0.3, -0.25) is 86.3 Å². The smallest absolute Gasteiger partial charge is 0.329 e. The number of primary amides is 1. The summed E-state index contributed by atoms with van der Waals surface area (Å²) in [6.07, 6.45) is 0.699. The van der Waals surface area contributed by atoms with Gasteiger partial charge in [0.05, 0.1) is 51.8 Å². The zero-order chi connectivity index (χ0) is 83.4. The summed E-state index contributed by atoms with van der Waals surface area (Å²) in [5, 5.41) is 78.8. The summed E-state index contributed by atoms with van der Waals surface area (Å²) in [6, 6.07) is -14.5. The number of benzene rings is 1. The number of aliphatic hydroxyl groups is 1. The first-order valence-corrected chi connectivity index (χ1v) is 36.4. The largest absolute Gasteiger partial charge is 0.481 e. The Morgan fingerprint density at radius 2 is 1.09 bits per heavy atom. The third-order valence-corrected chi connectivity index (χ3v) is 17.9. The van der Waals surface area contributed by atoms with Gasteiger partial charge in [-0.05, 0) is 69.0 Å². The number of aromatic amines is 1. The van der Waals surface area contributed by atoms with Crippen molar-refractivity contribution < 1.29 is 121 Å². The Kier molecular flexibility index (Phi) is 40.2. The molecule has 0 saturated carbocycles. The van der Waals surface area contributed by atoms with E-state index in [1.165, 1.54) is 13.8 Å². The van der Waals surface area contributed by atoms with E-state index in [-0.39, 0.29) is 32.2 Å². The second kappa shape index (κ2) is 47.5. The number of nitrogens with one attached hydrogen (secondary N) is 14. The lowest BCUT2D eigenvalue weighted by Gasteiger charge is -2.31. The number of carboxylic acid groups (broad SMARTS) is 4. The van der Waals surface area contributed by atoms with Crippen LogP contribution in [0.5, 0.6) is 0 Å². The Balaban J connectivity index is 2.16. The van der Waals surface area contributed by atoms with Gasteiger partial charge in [-0.15, -0.1) is 0 Å². The van der Waals surface area contributed by atoms with E-state index in [4.69, 9.17) is 16.2 Å². The number of aromatic nitrogens is 1. The normalized spacial score (nSPS) is 21.9. The molecule has 2 aromatic rings. The number of unbranched alkanes of at least 4 members (excludes halogenated alkanes) is 5. The van der Waals surface area contributed by atoms with Gasteiger partial charge < -0.3 is 116 Å². The van der Waals surface area contributed by atoms with E-state index in [9.17, 15) is 117 Å². The zero-order valence-electron chi connectivity index (χ0n) is 63.0. The molecule has 1 aromatic carbocycles. The van der Waals surface area contributed by atoms with E-state index in [0.29, 0.717) is 35.2 Å². The van der Waals surface area contributed by atoms with Gasteiger partial charge in [-0.25, -0.2) is 4.79 Å². The highest BCUT2D eigenvalue weighted by Gasteiger charge is 2.41. The molecule has 1 aliphatic rings. The van der Waals surface area contributed by atoms with E-state index < -0.39 is 249 Å². The van der Waals surface area contributed by atoms with Crippen LogP contribution in [0.3, 0.4) is 0 Å². The van der Waals surface area contributed by atoms with Crippen LogP contribution in [0.4, 0.5) is 0 Å². The van der Waals surface area contributed by atoms with E-state index in [2.05, 4.69) is 72.0 Å². The third-order valence-electron chi connectivity index (χ3n) is 17.9. The number of carboxylic acids is 4. The Labute approximate surface area is 638 Å². The number of fused-ring (bicyclic) bond motifs is 1. The molecule has 14 atom stereocenters. The molecule has 41 heteroatoms. The first kappa shape index (κ1) is 93.8. The molecule has 2 heterocycles. The van der Waals surface area contributed by atoms with Crippen LogP contribution in [-0.2, 0) is 102 Å². The minimum Gasteiger partial charge on any atom is -0.481 e. The van der Waals surface area contributed by atoms with Crippen LogP contribution in [0.1, 0.15) is 157 Å². The lowest BCUT2D eigenvalue weighted by Crippen LogP contribution is -2.62. The van der Waals surface area contributed by atoms with Crippen molar-refractivity contribution >= 4 is 123 Å². The topological polar surface area (TPSA) is 659 Å². The van der Waals surface area contributed by atoms with Gasteiger partial charge in [-0.1, -0.05) is 97.8 Å². The summed E-state index contributed by atoms with van der Waals surface area (Å²) in [6.45, 7) is 6.45. The predicted molar refractivity (Wildman–Crippen MR) is 389 cm³/mol. The molecule has 0 bridgehead atoms. The summed E-state index contributed by atoms with van der Waals surface area (Å²) in [4.78, 5) is 260. The Morgan fingerprint density at radius 3 is 1.67 bits per heavy atom. The quantitative estimate of drug-likeness (QED) is 0.0227. The number of rotatable bonds is 35. The Bertz CT molecular complexity index is 3650. The van der Waals surface area contributed by atoms with Gasteiger partial charge in [0.1, 0.15) is 72.6 Å². The number of cyclic esters (lactones) is 1. The molecule has 1 aliphatic heterocycles. The number of H-pyrrole nitrogens is 1. The Morgan fingerprint density at radius 1 is 0.559 bits per heavy atom. The number of hydrogen-bond acceptors (Lipinski definition) is 22. The highest BCUT2D eigenvalue weighted by Crippen LogP contribution is 2.21. The summed E-state index contributed by atoms with van der Waals surface area (Å²) < 4.78 is 5.67. The molecule has 616 valence electrons. The van der Waals surface area contributed by atoms with E-state index in [1.54, 1.807) is 30.5 Å². The van der Waals surface area contributed by atoms with Gasteiger partial charge in [-0.2, -0.15) is 0 Å². The fourth-order valence-electron chi connectivity index (χ4n) is 11.4. The average Bonchev–Trinajstić information content (AvgIpc) is 1.67. The maximum Gasteiger partial charge on any atom is 0.329 e. The lowest BCUT2D eigenvalue weighted by atomic mass is 9.95. The van der Waals surface area contributed by atoms with Crippen molar-refractivity contribution in [1.82, 2.24) is 74.1 Å². The molecule has 1 fully saturated rings. The van der Waals surface area contributed by atoms with Gasteiger partial charge in [0, 0.05) is 29.9 Å². The maximum atomic E-state index is 14.6. The number of carbonyl (C=O) groups is 19. The van der Waals surface area contributed by atoms with Crippen LogP contribution in [-0.4, -0.2) is 242 Å². The summed E-state index contributed by atoms with van der Waals surface area (Å²) in [5.41, 5.74) is 12.5. The third kappa shape index (κ3) is 33.6. The first-order valence-electron chi connectivity index (χ1n) is 36.4. The van der Waals surface area contributed by atoms with Crippen LogP contribution in [0.25, 0.3) is 10.9 Å². The fraction of sp³-hybridized carbons (Fsp3) is 0.614. The van der Waals surface area contributed by atoms with Crippen molar-refractivity contribution in [2.75, 3.05) is 26.2 Å². The van der Waals surface area contributed by atoms with Gasteiger partial charge in [0.25, 0.3) is 0 Å². The first-order chi connectivity index (χ1) is 52.3. The zero-order valence-corrected chi connectivity index (χ0v) is 63.0. The molecule has 1 aromatic heterocycles. The van der Waals surface area contributed by atoms with Crippen LogP contribution < -0.4 is 80.6 Å². The second-order valence-corrected chi connectivity index (χ2v) is 27.5. The summed E-state index contributed by atoms with van der Waals surface area (Å²) >= 11 is 0. The maximum absolute atomic E-state index is 14.6. The molecule has 23 N–H and O–H groups in total. The Hall–Kier alpha value is -11.4.